The van der Waals surface area contributed by atoms with Crippen LogP contribution in [-0.2, 0) is 4.79 Å². The smallest absolute Gasteiger partial charge is 0.250 e. The first kappa shape index (κ1) is 25.2. The number of ether oxygens (including phenoxy) is 1. The lowest BCUT2D eigenvalue weighted by molar-refractivity contribution is -0.118. The van der Waals surface area contributed by atoms with Crippen molar-refractivity contribution in [2.75, 3.05) is 12.9 Å². The zero-order valence-electron chi connectivity index (χ0n) is 19.8. The standard InChI is InChI=1S/C27H24ClN5O2S/c1-19-8-10-21(11-9-19)26-31-32-27(33(26)23-12-14-24(35-2)15-13-23)36-18-25(34)30-29-17-22(28)16-20-6-4-3-5-7-20/h3-17H,18H2,1-2H3,(H,30,34). The monoisotopic (exact) mass is 517 g/mol. The maximum atomic E-state index is 12.4. The van der Waals surface area contributed by atoms with Gasteiger partial charge in [-0.1, -0.05) is 83.5 Å². The number of aryl methyl sites for hydroxylation is 1. The molecule has 9 heteroatoms. The molecule has 3 aromatic carbocycles. The largest absolute Gasteiger partial charge is 0.497 e. The van der Waals surface area contributed by atoms with Gasteiger partial charge < -0.3 is 4.74 Å². The minimum absolute atomic E-state index is 0.0968. The minimum atomic E-state index is -0.290. The number of nitrogens with one attached hydrogen (secondary N) is 1. The van der Waals surface area contributed by atoms with E-state index in [2.05, 4.69) is 20.7 Å². The molecule has 36 heavy (non-hydrogen) atoms. The van der Waals surface area contributed by atoms with Gasteiger partial charge in [0.2, 0.25) is 0 Å². The summed E-state index contributed by atoms with van der Waals surface area (Å²) in [6.07, 6.45) is 3.16. The van der Waals surface area contributed by atoms with Gasteiger partial charge in [0.1, 0.15) is 5.75 Å². The molecule has 0 radical (unpaired) electrons. The Morgan fingerprint density at radius 2 is 1.78 bits per heavy atom. The Balaban J connectivity index is 1.48. The van der Waals surface area contributed by atoms with Gasteiger partial charge in [0.15, 0.2) is 11.0 Å². The fraction of sp³-hybridized carbons (Fsp3) is 0.111. The number of methoxy groups -OCH3 is 1. The van der Waals surface area contributed by atoms with Gasteiger partial charge in [-0.2, -0.15) is 5.10 Å². The van der Waals surface area contributed by atoms with E-state index in [1.165, 1.54) is 18.0 Å². The summed E-state index contributed by atoms with van der Waals surface area (Å²) in [5.74, 6) is 1.23. The lowest BCUT2D eigenvalue weighted by Crippen LogP contribution is -2.19. The molecule has 1 heterocycles. The molecule has 0 saturated carbocycles. The quantitative estimate of drug-likeness (QED) is 0.174. The van der Waals surface area contributed by atoms with E-state index < -0.39 is 0 Å². The number of amides is 1. The van der Waals surface area contributed by atoms with Crippen molar-refractivity contribution in [2.24, 2.45) is 5.10 Å². The van der Waals surface area contributed by atoms with E-state index >= 15 is 0 Å². The zero-order chi connectivity index (χ0) is 25.3. The van der Waals surface area contributed by atoms with Crippen LogP contribution in [0, 0.1) is 6.92 Å². The van der Waals surface area contributed by atoms with E-state index in [-0.39, 0.29) is 11.7 Å². The number of thioether (sulfide) groups is 1. The van der Waals surface area contributed by atoms with E-state index in [0.29, 0.717) is 16.0 Å². The van der Waals surface area contributed by atoms with Crippen LogP contribution in [0.5, 0.6) is 5.75 Å². The summed E-state index contributed by atoms with van der Waals surface area (Å²) in [7, 11) is 1.62. The molecule has 0 unspecified atom stereocenters. The van der Waals surface area contributed by atoms with Crippen LogP contribution in [0.2, 0.25) is 0 Å². The van der Waals surface area contributed by atoms with Crippen molar-refractivity contribution in [2.45, 2.75) is 12.1 Å². The molecule has 0 spiro atoms. The lowest BCUT2D eigenvalue weighted by Gasteiger charge is -2.11. The Morgan fingerprint density at radius 3 is 2.47 bits per heavy atom. The number of nitrogens with zero attached hydrogens (tertiary/aromatic N) is 4. The highest BCUT2D eigenvalue weighted by Gasteiger charge is 2.17. The number of carbonyl (C=O) groups is 1. The second-order valence-electron chi connectivity index (χ2n) is 7.73. The summed E-state index contributed by atoms with van der Waals surface area (Å²) in [6, 6.07) is 25.3. The molecule has 7 nitrogen and oxygen atoms in total. The molecule has 0 fully saturated rings. The second kappa shape index (κ2) is 12.2. The van der Waals surface area contributed by atoms with Crippen molar-refractivity contribution >= 4 is 41.6 Å². The maximum Gasteiger partial charge on any atom is 0.250 e. The normalized spacial score (nSPS) is 11.6. The molecule has 4 rings (SSSR count). The van der Waals surface area contributed by atoms with Crippen LogP contribution in [0.4, 0.5) is 0 Å². The number of hydrazone groups is 1. The topological polar surface area (TPSA) is 81.4 Å². The summed E-state index contributed by atoms with van der Waals surface area (Å²) in [5, 5.41) is 13.7. The Labute approximate surface area is 218 Å². The molecule has 1 N–H and O–H groups in total. The molecule has 0 atom stereocenters. The highest BCUT2D eigenvalue weighted by Crippen LogP contribution is 2.29. The molecule has 0 bridgehead atoms. The third kappa shape index (κ3) is 6.62. The first-order valence-corrected chi connectivity index (χ1v) is 12.4. The van der Waals surface area contributed by atoms with Crippen molar-refractivity contribution < 1.29 is 9.53 Å². The summed E-state index contributed by atoms with van der Waals surface area (Å²) in [4.78, 5) is 12.4. The number of aromatic nitrogens is 3. The van der Waals surface area contributed by atoms with E-state index in [0.717, 1.165) is 28.1 Å². The molecular weight excluding hydrogens is 494 g/mol. The summed E-state index contributed by atoms with van der Waals surface area (Å²) in [6.45, 7) is 2.03. The number of benzene rings is 3. The number of hydrogen-bond donors (Lipinski definition) is 1. The predicted molar refractivity (Wildman–Crippen MR) is 146 cm³/mol. The van der Waals surface area contributed by atoms with Crippen LogP contribution < -0.4 is 10.2 Å². The van der Waals surface area contributed by atoms with Gasteiger partial charge in [-0.05, 0) is 42.8 Å². The van der Waals surface area contributed by atoms with Crippen molar-refractivity contribution in [3.63, 3.8) is 0 Å². The van der Waals surface area contributed by atoms with Crippen LogP contribution in [0.3, 0.4) is 0 Å². The van der Waals surface area contributed by atoms with Crippen LogP contribution in [0.1, 0.15) is 11.1 Å². The Bertz CT molecular complexity index is 1370. The number of halogens is 1. The lowest BCUT2D eigenvalue weighted by atomic mass is 10.1. The molecule has 182 valence electrons. The highest BCUT2D eigenvalue weighted by atomic mass is 35.5. The van der Waals surface area contributed by atoms with Crippen LogP contribution in [-0.4, -0.2) is 39.7 Å². The highest BCUT2D eigenvalue weighted by molar-refractivity contribution is 7.99. The SMILES string of the molecule is COc1ccc(-n2c(SCC(=O)NN=CC(Cl)=Cc3ccccc3)nnc2-c2ccc(C)cc2)cc1. The molecule has 0 aliphatic heterocycles. The van der Waals surface area contributed by atoms with Crippen molar-refractivity contribution in [3.05, 3.63) is 95.0 Å². The average molecular weight is 518 g/mol. The van der Waals surface area contributed by atoms with Gasteiger partial charge in [-0.3, -0.25) is 9.36 Å². The summed E-state index contributed by atoms with van der Waals surface area (Å²) in [5.41, 5.74) is 6.37. The Kier molecular flexibility index (Phi) is 8.54. The van der Waals surface area contributed by atoms with E-state index in [1.807, 2.05) is 90.4 Å². The van der Waals surface area contributed by atoms with Gasteiger partial charge >= 0.3 is 0 Å². The van der Waals surface area contributed by atoms with Gasteiger partial charge in [-0.25, -0.2) is 5.43 Å². The summed E-state index contributed by atoms with van der Waals surface area (Å²) < 4.78 is 7.21. The number of allylic oxidation sites excluding steroid dienone is 1. The maximum absolute atomic E-state index is 12.4. The molecule has 4 aromatic rings. The molecule has 0 saturated heterocycles. The summed E-state index contributed by atoms with van der Waals surface area (Å²) >= 11 is 7.44. The van der Waals surface area contributed by atoms with Crippen molar-refractivity contribution in [1.82, 2.24) is 20.2 Å². The molecule has 1 aromatic heterocycles. The van der Waals surface area contributed by atoms with Crippen LogP contribution >= 0.6 is 23.4 Å². The first-order valence-electron chi connectivity index (χ1n) is 11.1. The molecule has 0 aliphatic rings. The van der Waals surface area contributed by atoms with Gasteiger partial charge in [0.05, 0.1) is 24.1 Å². The molecule has 1 amide bonds. The van der Waals surface area contributed by atoms with Crippen LogP contribution in [0.15, 0.2) is 94.2 Å². The minimum Gasteiger partial charge on any atom is -0.497 e. The second-order valence-corrected chi connectivity index (χ2v) is 9.11. The zero-order valence-corrected chi connectivity index (χ0v) is 21.3. The fourth-order valence-corrected chi connectivity index (χ4v) is 4.21. The van der Waals surface area contributed by atoms with E-state index in [1.54, 1.807) is 13.2 Å². The predicted octanol–water partition coefficient (Wildman–Crippen LogP) is 5.73. The van der Waals surface area contributed by atoms with Crippen molar-refractivity contribution in [3.8, 4) is 22.8 Å². The average Bonchev–Trinajstić information content (AvgIpc) is 3.32. The van der Waals surface area contributed by atoms with Crippen LogP contribution in [0.25, 0.3) is 23.2 Å². The van der Waals surface area contributed by atoms with Gasteiger partial charge in [0.25, 0.3) is 5.91 Å². The van der Waals surface area contributed by atoms with Gasteiger partial charge in [0, 0.05) is 11.3 Å². The number of rotatable bonds is 9. The molecule has 0 aliphatic carbocycles. The van der Waals surface area contributed by atoms with E-state index in [9.17, 15) is 4.79 Å². The van der Waals surface area contributed by atoms with Crippen molar-refractivity contribution in [1.29, 1.82) is 0 Å². The van der Waals surface area contributed by atoms with E-state index in [4.69, 9.17) is 16.3 Å². The number of carbonyl (C=O) groups excluding carboxylic acids is 1. The Hall–Kier alpha value is -3.88. The Morgan fingerprint density at radius 1 is 1.06 bits per heavy atom. The number of hydrogen-bond acceptors (Lipinski definition) is 6. The molecular formula is C27H24ClN5O2S. The third-order valence-electron chi connectivity index (χ3n) is 5.09. The first-order chi connectivity index (χ1) is 17.5. The fourth-order valence-electron chi connectivity index (χ4n) is 3.29. The third-order valence-corrected chi connectivity index (χ3v) is 6.22. The van der Waals surface area contributed by atoms with Gasteiger partial charge in [-0.15, -0.1) is 10.2 Å².